The lowest BCUT2D eigenvalue weighted by Gasteiger charge is -2.28. The lowest BCUT2D eigenvalue weighted by molar-refractivity contribution is 0.353. The quantitative estimate of drug-likeness (QED) is 0.873. The third kappa shape index (κ3) is 4.22. The molecule has 1 fully saturated rings. The van der Waals surface area contributed by atoms with Gasteiger partial charge in [-0.3, -0.25) is 0 Å². The summed E-state index contributed by atoms with van der Waals surface area (Å²) in [6.45, 7) is 7.45. The fraction of sp³-hybridized carbons (Fsp3) is 0.824. The zero-order valence-corrected chi connectivity index (χ0v) is 14.2. The van der Waals surface area contributed by atoms with Gasteiger partial charge in [-0.1, -0.05) is 33.1 Å². The Labute approximate surface area is 129 Å². The van der Waals surface area contributed by atoms with Gasteiger partial charge in [-0.05, 0) is 32.1 Å². The summed E-state index contributed by atoms with van der Waals surface area (Å²) < 4.78 is 2.41. The van der Waals surface area contributed by atoms with Gasteiger partial charge in [0, 0.05) is 31.9 Å². The molecule has 1 aromatic rings. The predicted molar refractivity (Wildman–Crippen MR) is 89.8 cm³/mol. The van der Waals surface area contributed by atoms with Crippen molar-refractivity contribution in [1.29, 1.82) is 0 Å². The fourth-order valence-electron chi connectivity index (χ4n) is 3.19. The van der Waals surface area contributed by atoms with Crippen molar-refractivity contribution in [3.8, 4) is 0 Å². The second-order valence-electron chi connectivity index (χ2n) is 7.00. The Balaban J connectivity index is 2.04. The van der Waals surface area contributed by atoms with Gasteiger partial charge >= 0.3 is 0 Å². The SMILES string of the molecule is Cc1cn(C2CCCCC2)c(N(C)CCC(N)C(C)C)n1. The van der Waals surface area contributed by atoms with Crippen LogP contribution >= 0.6 is 0 Å². The first kappa shape index (κ1) is 16.3. The molecular formula is C17H32N4. The number of rotatable bonds is 6. The molecule has 0 aromatic carbocycles. The van der Waals surface area contributed by atoms with Crippen LogP contribution in [0, 0.1) is 12.8 Å². The minimum Gasteiger partial charge on any atom is -0.345 e. The number of hydrogen-bond acceptors (Lipinski definition) is 3. The summed E-state index contributed by atoms with van der Waals surface area (Å²) in [5.74, 6) is 1.66. The lowest BCUT2D eigenvalue weighted by atomic mass is 9.95. The fourth-order valence-corrected chi connectivity index (χ4v) is 3.19. The number of hydrogen-bond donors (Lipinski definition) is 1. The van der Waals surface area contributed by atoms with E-state index in [0.717, 1.165) is 24.6 Å². The Morgan fingerprint density at radius 2 is 2.00 bits per heavy atom. The van der Waals surface area contributed by atoms with Crippen molar-refractivity contribution in [2.24, 2.45) is 11.7 Å². The molecule has 0 saturated heterocycles. The molecule has 2 N–H and O–H groups in total. The maximum atomic E-state index is 6.18. The lowest BCUT2D eigenvalue weighted by Crippen LogP contribution is -2.33. The summed E-state index contributed by atoms with van der Waals surface area (Å²) in [7, 11) is 2.15. The number of nitrogens with zero attached hydrogens (tertiary/aromatic N) is 3. The van der Waals surface area contributed by atoms with Gasteiger partial charge in [-0.25, -0.2) is 4.98 Å². The van der Waals surface area contributed by atoms with Crippen molar-refractivity contribution in [2.75, 3.05) is 18.5 Å². The van der Waals surface area contributed by atoms with Crippen LogP contribution in [-0.4, -0.2) is 29.2 Å². The molecule has 1 aliphatic rings. The zero-order valence-electron chi connectivity index (χ0n) is 14.2. The molecule has 1 aliphatic carbocycles. The summed E-state index contributed by atoms with van der Waals surface area (Å²) >= 11 is 0. The van der Waals surface area contributed by atoms with Gasteiger partial charge in [0.15, 0.2) is 0 Å². The van der Waals surface area contributed by atoms with E-state index in [2.05, 4.69) is 43.5 Å². The molecular weight excluding hydrogens is 260 g/mol. The van der Waals surface area contributed by atoms with Crippen LogP contribution in [0.15, 0.2) is 6.20 Å². The van der Waals surface area contributed by atoms with E-state index in [1.807, 2.05) is 0 Å². The van der Waals surface area contributed by atoms with E-state index < -0.39 is 0 Å². The number of anilines is 1. The number of imidazole rings is 1. The van der Waals surface area contributed by atoms with E-state index in [1.54, 1.807) is 0 Å². The van der Waals surface area contributed by atoms with Crippen molar-refractivity contribution in [2.45, 2.75) is 71.4 Å². The van der Waals surface area contributed by atoms with Gasteiger partial charge in [-0.2, -0.15) is 0 Å². The summed E-state index contributed by atoms with van der Waals surface area (Å²) in [5, 5.41) is 0. The molecule has 0 amide bonds. The minimum absolute atomic E-state index is 0.270. The average Bonchev–Trinajstić information content (AvgIpc) is 2.87. The third-order valence-electron chi connectivity index (χ3n) is 4.80. The standard InChI is InChI=1S/C17H32N4/c1-13(2)16(18)10-11-20(4)17-19-14(3)12-21(17)15-8-6-5-7-9-15/h12-13,15-16H,5-11,18H2,1-4H3. The largest absolute Gasteiger partial charge is 0.345 e. The number of aromatic nitrogens is 2. The highest BCUT2D eigenvalue weighted by Gasteiger charge is 2.21. The van der Waals surface area contributed by atoms with Crippen LogP contribution in [0.4, 0.5) is 5.95 Å². The minimum atomic E-state index is 0.270. The van der Waals surface area contributed by atoms with Crippen molar-refractivity contribution in [3.05, 3.63) is 11.9 Å². The molecule has 2 rings (SSSR count). The van der Waals surface area contributed by atoms with Gasteiger partial charge < -0.3 is 15.2 Å². The number of aryl methyl sites for hydroxylation is 1. The second kappa shape index (κ2) is 7.30. The molecule has 21 heavy (non-hydrogen) atoms. The van der Waals surface area contributed by atoms with Crippen LogP contribution in [0.1, 0.15) is 64.1 Å². The predicted octanol–water partition coefficient (Wildman–Crippen LogP) is 3.51. The van der Waals surface area contributed by atoms with Crippen LogP contribution in [0.2, 0.25) is 0 Å². The first-order valence-electron chi connectivity index (χ1n) is 8.51. The summed E-state index contributed by atoms with van der Waals surface area (Å²) in [6, 6.07) is 0.905. The molecule has 0 radical (unpaired) electrons. The van der Waals surface area contributed by atoms with Gasteiger partial charge in [0.05, 0.1) is 5.69 Å². The molecule has 1 aromatic heterocycles. The van der Waals surface area contributed by atoms with E-state index in [0.29, 0.717) is 12.0 Å². The van der Waals surface area contributed by atoms with Gasteiger partial charge in [0.2, 0.25) is 5.95 Å². The average molecular weight is 292 g/mol. The normalized spacial score (nSPS) is 18.2. The Morgan fingerprint density at radius 3 is 2.62 bits per heavy atom. The monoisotopic (exact) mass is 292 g/mol. The molecule has 1 saturated carbocycles. The topological polar surface area (TPSA) is 47.1 Å². The molecule has 120 valence electrons. The molecule has 1 atom stereocenters. The summed E-state index contributed by atoms with van der Waals surface area (Å²) in [5.41, 5.74) is 7.30. The van der Waals surface area contributed by atoms with E-state index in [4.69, 9.17) is 10.7 Å². The molecule has 0 spiro atoms. The number of nitrogens with two attached hydrogens (primary N) is 1. The second-order valence-corrected chi connectivity index (χ2v) is 7.00. The van der Waals surface area contributed by atoms with E-state index in [1.165, 1.54) is 32.1 Å². The molecule has 0 bridgehead atoms. The van der Waals surface area contributed by atoms with E-state index in [-0.39, 0.29) is 6.04 Å². The van der Waals surface area contributed by atoms with Gasteiger partial charge in [-0.15, -0.1) is 0 Å². The Bertz CT molecular complexity index is 432. The van der Waals surface area contributed by atoms with Gasteiger partial charge in [0.1, 0.15) is 0 Å². The van der Waals surface area contributed by atoms with Crippen molar-refractivity contribution < 1.29 is 0 Å². The van der Waals surface area contributed by atoms with Crippen molar-refractivity contribution in [1.82, 2.24) is 9.55 Å². The zero-order chi connectivity index (χ0) is 15.4. The van der Waals surface area contributed by atoms with Crippen LogP contribution in [0.5, 0.6) is 0 Å². The molecule has 0 aliphatic heterocycles. The third-order valence-corrected chi connectivity index (χ3v) is 4.80. The first-order valence-corrected chi connectivity index (χ1v) is 8.51. The van der Waals surface area contributed by atoms with Crippen LogP contribution in [-0.2, 0) is 0 Å². The molecule has 4 heteroatoms. The highest BCUT2D eigenvalue weighted by molar-refractivity contribution is 5.33. The maximum absolute atomic E-state index is 6.18. The molecule has 1 unspecified atom stereocenters. The summed E-state index contributed by atoms with van der Waals surface area (Å²) in [4.78, 5) is 7.04. The van der Waals surface area contributed by atoms with Crippen molar-refractivity contribution in [3.63, 3.8) is 0 Å². The van der Waals surface area contributed by atoms with Crippen LogP contribution < -0.4 is 10.6 Å². The first-order chi connectivity index (χ1) is 9.99. The highest BCUT2D eigenvalue weighted by atomic mass is 15.3. The maximum Gasteiger partial charge on any atom is 0.205 e. The Morgan fingerprint density at radius 1 is 1.33 bits per heavy atom. The van der Waals surface area contributed by atoms with Gasteiger partial charge in [0.25, 0.3) is 0 Å². The van der Waals surface area contributed by atoms with E-state index in [9.17, 15) is 0 Å². The van der Waals surface area contributed by atoms with Crippen molar-refractivity contribution >= 4 is 5.95 Å². The Hall–Kier alpha value is -1.03. The van der Waals surface area contributed by atoms with Crippen LogP contribution in [0.25, 0.3) is 0 Å². The smallest absolute Gasteiger partial charge is 0.205 e. The molecule has 1 heterocycles. The van der Waals surface area contributed by atoms with Crippen LogP contribution in [0.3, 0.4) is 0 Å². The summed E-state index contributed by atoms with van der Waals surface area (Å²) in [6.07, 6.45) is 9.92. The molecule has 4 nitrogen and oxygen atoms in total. The Kier molecular flexibility index (Phi) is 5.68. The highest BCUT2D eigenvalue weighted by Crippen LogP contribution is 2.31. The van der Waals surface area contributed by atoms with E-state index >= 15 is 0 Å².